The molecule has 5 heteroatoms. The Morgan fingerprint density at radius 3 is 2.82 bits per heavy atom. The summed E-state index contributed by atoms with van der Waals surface area (Å²) in [6.07, 6.45) is 2.02. The van der Waals surface area contributed by atoms with Crippen LogP contribution in [0.2, 0.25) is 5.02 Å². The van der Waals surface area contributed by atoms with E-state index in [1.165, 1.54) is 18.5 Å². The van der Waals surface area contributed by atoms with Crippen molar-refractivity contribution < 1.29 is 5.11 Å². The van der Waals surface area contributed by atoms with Crippen LogP contribution in [0.3, 0.4) is 0 Å². The maximum Gasteiger partial charge on any atom is 0.0922 e. The number of thiophene rings is 1. The van der Waals surface area contributed by atoms with Crippen molar-refractivity contribution in [3.8, 4) is 0 Å². The Kier molecular flexibility index (Phi) is 5.37. The Hall–Kier alpha value is -1.07. The molecule has 1 aliphatic heterocycles. The molecule has 0 saturated carbocycles. The first-order valence-electron chi connectivity index (χ1n) is 7.69. The smallest absolute Gasteiger partial charge is 0.0922 e. The van der Waals surface area contributed by atoms with E-state index in [2.05, 4.69) is 16.3 Å². The van der Waals surface area contributed by atoms with Crippen molar-refractivity contribution in [3.63, 3.8) is 0 Å². The van der Waals surface area contributed by atoms with Gasteiger partial charge in [-0.25, -0.2) is 0 Å². The fraction of sp³-hybridized carbons (Fsp3) is 0.412. The molecule has 1 aromatic carbocycles. The van der Waals surface area contributed by atoms with Crippen molar-refractivity contribution in [2.45, 2.75) is 25.5 Å². The average molecular weight is 337 g/mol. The van der Waals surface area contributed by atoms with Crippen LogP contribution in [0, 0.1) is 0 Å². The Bertz CT molecular complexity index is 597. The highest BCUT2D eigenvalue weighted by molar-refractivity contribution is 7.07. The molecule has 1 aliphatic rings. The monoisotopic (exact) mass is 336 g/mol. The molecule has 1 saturated heterocycles. The molecule has 3 nitrogen and oxygen atoms in total. The maximum absolute atomic E-state index is 10.1. The van der Waals surface area contributed by atoms with Crippen LogP contribution in [-0.2, 0) is 6.54 Å². The first kappa shape index (κ1) is 15.8. The molecule has 0 bridgehead atoms. The first-order chi connectivity index (χ1) is 10.8. The van der Waals surface area contributed by atoms with E-state index >= 15 is 0 Å². The van der Waals surface area contributed by atoms with E-state index in [0.717, 1.165) is 29.2 Å². The van der Waals surface area contributed by atoms with Gasteiger partial charge in [-0.3, -0.25) is 0 Å². The minimum absolute atomic E-state index is 0.469. The van der Waals surface area contributed by atoms with E-state index < -0.39 is 6.10 Å². The molecule has 2 aromatic rings. The van der Waals surface area contributed by atoms with Crippen LogP contribution in [-0.4, -0.2) is 24.7 Å². The molecule has 2 N–H and O–H groups in total. The molecule has 3 rings (SSSR count). The maximum atomic E-state index is 10.1. The average Bonchev–Trinajstić information content (AvgIpc) is 3.22. The normalized spacial score (nSPS) is 16.2. The van der Waals surface area contributed by atoms with E-state index in [0.29, 0.717) is 13.1 Å². The quantitative estimate of drug-likeness (QED) is 0.841. The van der Waals surface area contributed by atoms with Crippen molar-refractivity contribution in [1.82, 2.24) is 5.32 Å². The SMILES string of the molecule is OC(CNCc1c(Cl)cccc1N1CCCC1)c1ccsc1. The van der Waals surface area contributed by atoms with Gasteiger partial charge in [0, 0.05) is 42.5 Å². The van der Waals surface area contributed by atoms with Gasteiger partial charge in [0.15, 0.2) is 0 Å². The minimum Gasteiger partial charge on any atom is -0.387 e. The summed E-state index contributed by atoms with van der Waals surface area (Å²) >= 11 is 8.00. The fourth-order valence-corrected chi connectivity index (χ4v) is 3.84. The number of aliphatic hydroxyl groups is 1. The third-order valence-corrected chi connectivity index (χ3v) is 5.16. The Morgan fingerprint density at radius 2 is 2.09 bits per heavy atom. The van der Waals surface area contributed by atoms with Crippen molar-refractivity contribution in [1.29, 1.82) is 0 Å². The summed E-state index contributed by atoms with van der Waals surface area (Å²) < 4.78 is 0. The summed E-state index contributed by atoms with van der Waals surface area (Å²) in [5.41, 5.74) is 3.32. The lowest BCUT2D eigenvalue weighted by Crippen LogP contribution is -2.24. The van der Waals surface area contributed by atoms with Gasteiger partial charge in [-0.1, -0.05) is 17.7 Å². The van der Waals surface area contributed by atoms with Gasteiger partial charge in [0.2, 0.25) is 0 Å². The zero-order chi connectivity index (χ0) is 15.4. The molecule has 1 atom stereocenters. The zero-order valence-electron chi connectivity index (χ0n) is 12.5. The van der Waals surface area contributed by atoms with E-state index in [4.69, 9.17) is 11.6 Å². The Morgan fingerprint density at radius 1 is 1.27 bits per heavy atom. The lowest BCUT2D eigenvalue weighted by Gasteiger charge is -2.23. The number of aliphatic hydroxyl groups excluding tert-OH is 1. The third kappa shape index (κ3) is 3.63. The van der Waals surface area contributed by atoms with Gasteiger partial charge in [0.1, 0.15) is 0 Å². The van der Waals surface area contributed by atoms with E-state index in [9.17, 15) is 5.11 Å². The third-order valence-electron chi connectivity index (χ3n) is 4.11. The Labute approximate surface area is 140 Å². The summed E-state index contributed by atoms with van der Waals surface area (Å²) in [5, 5.41) is 18.2. The van der Waals surface area contributed by atoms with Crippen LogP contribution in [0.15, 0.2) is 35.0 Å². The summed E-state index contributed by atoms with van der Waals surface area (Å²) in [5.74, 6) is 0. The van der Waals surface area contributed by atoms with Crippen LogP contribution < -0.4 is 10.2 Å². The second kappa shape index (κ2) is 7.47. The number of hydrogen-bond acceptors (Lipinski definition) is 4. The van der Waals surface area contributed by atoms with Crippen LogP contribution in [0.5, 0.6) is 0 Å². The molecule has 1 fully saturated rings. The van der Waals surface area contributed by atoms with Gasteiger partial charge >= 0.3 is 0 Å². The second-order valence-electron chi connectivity index (χ2n) is 5.64. The topological polar surface area (TPSA) is 35.5 Å². The Balaban J connectivity index is 1.64. The van der Waals surface area contributed by atoms with Gasteiger partial charge in [-0.15, -0.1) is 0 Å². The number of rotatable bonds is 6. The largest absolute Gasteiger partial charge is 0.387 e. The van der Waals surface area contributed by atoms with Gasteiger partial charge < -0.3 is 15.3 Å². The molecular weight excluding hydrogens is 316 g/mol. The van der Waals surface area contributed by atoms with Crippen LogP contribution in [0.25, 0.3) is 0 Å². The summed E-state index contributed by atoms with van der Waals surface area (Å²) in [4.78, 5) is 2.40. The van der Waals surface area contributed by atoms with Crippen molar-refractivity contribution >= 4 is 28.6 Å². The summed E-state index contributed by atoms with van der Waals surface area (Å²) in [6.45, 7) is 3.41. The highest BCUT2D eigenvalue weighted by atomic mass is 35.5. The molecule has 22 heavy (non-hydrogen) atoms. The number of nitrogens with zero attached hydrogens (tertiary/aromatic N) is 1. The van der Waals surface area contributed by atoms with Crippen molar-refractivity contribution in [2.24, 2.45) is 0 Å². The molecule has 0 radical (unpaired) electrons. The molecule has 118 valence electrons. The van der Waals surface area contributed by atoms with Gasteiger partial charge in [-0.05, 0) is 47.4 Å². The number of benzene rings is 1. The number of nitrogens with one attached hydrogen (secondary N) is 1. The van der Waals surface area contributed by atoms with Crippen molar-refractivity contribution in [2.75, 3.05) is 24.5 Å². The van der Waals surface area contributed by atoms with E-state index in [1.807, 2.05) is 29.0 Å². The molecule has 1 aromatic heterocycles. The molecule has 0 amide bonds. The molecule has 1 unspecified atom stereocenters. The van der Waals surface area contributed by atoms with Crippen molar-refractivity contribution in [3.05, 3.63) is 51.2 Å². The van der Waals surface area contributed by atoms with Crippen LogP contribution in [0.4, 0.5) is 5.69 Å². The number of anilines is 1. The highest BCUT2D eigenvalue weighted by Crippen LogP contribution is 2.30. The number of halogens is 1. The van der Waals surface area contributed by atoms with Gasteiger partial charge in [0.25, 0.3) is 0 Å². The lowest BCUT2D eigenvalue weighted by molar-refractivity contribution is 0.175. The second-order valence-corrected chi connectivity index (χ2v) is 6.82. The van der Waals surface area contributed by atoms with Crippen LogP contribution in [0.1, 0.15) is 30.1 Å². The fourth-order valence-electron chi connectivity index (χ4n) is 2.89. The molecular formula is C17H21ClN2OS. The lowest BCUT2D eigenvalue weighted by atomic mass is 10.1. The highest BCUT2D eigenvalue weighted by Gasteiger charge is 2.17. The molecule has 0 aliphatic carbocycles. The zero-order valence-corrected chi connectivity index (χ0v) is 14.0. The van der Waals surface area contributed by atoms with E-state index in [-0.39, 0.29) is 0 Å². The summed E-state index contributed by atoms with van der Waals surface area (Å²) in [7, 11) is 0. The van der Waals surface area contributed by atoms with Crippen LogP contribution >= 0.6 is 22.9 Å². The predicted octanol–water partition coefficient (Wildman–Crippen LogP) is 3.82. The molecule has 2 heterocycles. The van der Waals surface area contributed by atoms with Gasteiger partial charge in [0.05, 0.1) is 6.10 Å². The van der Waals surface area contributed by atoms with Gasteiger partial charge in [-0.2, -0.15) is 11.3 Å². The minimum atomic E-state index is -0.469. The predicted molar refractivity (Wildman–Crippen MR) is 93.9 cm³/mol. The first-order valence-corrected chi connectivity index (χ1v) is 9.01. The summed E-state index contributed by atoms with van der Waals surface area (Å²) in [6, 6.07) is 8.05. The van der Waals surface area contributed by atoms with E-state index in [1.54, 1.807) is 11.3 Å². The standard InChI is InChI=1S/C17H21ClN2OS/c18-15-4-3-5-16(20-7-1-2-8-20)14(15)10-19-11-17(21)13-6-9-22-12-13/h3-6,9,12,17,19,21H,1-2,7-8,10-11H2. The number of hydrogen-bond donors (Lipinski definition) is 2. The molecule has 0 spiro atoms.